The summed E-state index contributed by atoms with van der Waals surface area (Å²) in [5, 5.41) is 19.8. The predicted octanol–water partition coefficient (Wildman–Crippen LogP) is 7.98. The van der Waals surface area contributed by atoms with E-state index in [1.54, 1.807) is 28.1 Å². The molecule has 308 valence electrons. The number of hydrogen-bond acceptors (Lipinski definition) is 10. The van der Waals surface area contributed by atoms with Crippen LogP contribution in [0, 0.1) is 0 Å². The first kappa shape index (κ1) is 41.2. The Bertz CT molecular complexity index is 2300. The maximum Gasteiger partial charge on any atom is 0.180 e. The Morgan fingerprint density at radius 3 is 1.58 bits per heavy atom. The average Bonchev–Trinajstić information content (AvgIpc) is 4.08. The molecule has 2 atom stereocenters. The van der Waals surface area contributed by atoms with Gasteiger partial charge in [0.05, 0.1) is 70.8 Å². The molecule has 6 aromatic rings. The summed E-state index contributed by atoms with van der Waals surface area (Å²) in [5.74, 6) is 2.63. The van der Waals surface area contributed by atoms with Gasteiger partial charge in [-0.2, -0.15) is 10.2 Å². The predicted molar refractivity (Wildman–Crippen MR) is 224 cm³/mol. The zero-order valence-corrected chi connectivity index (χ0v) is 34.3. The summed E-state index contributed by atoms with van der Waals surface area (Å²) in [6.07, 6.45) is 1.76. The summed E-state index contributed by atoms with van der Waals surface area (Å²) in [4.78, 5) is 12.0. The lowest BCUT2D eigenvalue weighted by Crippen LogP contribution is -2.17. The number of methoxy groups -OCH3 is 2. The molecule has 2 aliphatic rings. The zero-order chi connectivity index (χ0) is 41.4. The Balaban J connectivity index is 0.000000179. The van der Waals surface area contributed by atoms with Crippen molar-refractivity contribution in [2.45, 2.75) is 64.5 Å². The third kappa shape index (κ3) is 10.4. The van der Waals surface area contributed by atoms with Gasteiger partial charge in [0.2, 0.25) is 0 Å². The van der Waals surface area contributed by atoms with Gasteiger partial charge in [0.25, 0.3) is 0 Å². The Morgan fingerprint density at radius 2 is 1.15 bits per heavy atom. The zero-order valence-electron chi connectivity index (χ0n) is 34.3. The molecule has 2 saturated heterocycles. The molecule has 0 unspecified atom stereocenters. The summed E-state index contributed by atoms with van der Waals surface area (Å²) < 4.78 is 37.9. The van der Waals surface area contributed by atoms with E-state index < -0.39 is 5.60 Å². The van der Waals surface area contributed by atoms with Crippen molar-refractivity contribution in [2.24, 2.45) is 0 Å². The first-order valence-corrected chi connectivity index (χ1v) is 19.9. The first-order valence-electron chi connectivity index (χ1n) is 19.9. The second kappa shape index (κ2) is 18.8. The number of ether oxygens (including phenoxy) is 6. The summed E-state index contributed by atoms with van der Waals surface area (Å²) in [7, 11) is 3.26. The van der Waals surface area contributed by atoms with Crippen molar-refractivity contribution in [1.29, 1.82) is 0 Å². The SMILES string of the molecule is COc1ccc(-c2cc(C(C)(C)O)nn2Cc2ccccc2)cc1O[C@@H]1CCOC1.COc1ccc(-c2cc(C(C)=O)nn2Cc2ccccc2)cc1O[C@@H]1CCOC1. The van der Waals surface area contributed by atoms with E-state index in [4.69, 9.17) is 33.5 Å². The van der Waals surface area contributed by atoms with Gasteiger partial charge in [0.15, 0.2) is 28.8 Å². The number of ketones is 1. The molecule has 2 fully saturated rings. The highest BCUT2D eigenvalue weighted by Gasteiger charge is 2.25. The average molecular weight is 801 g/mol. The van der Waals surface area contributed by atoms with E-state index in [1.807, 2.05) is 106 Å². The number of carbonyl (C=O) groups excluding carboxylic acids is 1. The maximum atomic E-state index is 12.0. The van der Waals surface area contributed by atoms with Crippen LogP contribution in [-0.2, 0) is 28.2 Å². The number of hydrogen-bond donors (Lipinski definition) is 1. The number of aromatic nitrogens is 4. The molecular weight excluding hydrogens is 749 g/mol. The Morgan fingerprint density at radius 1 is 0.678 bits per heavy atom. The lowest BCUT2D eigenvalue weighted by Gasteiger charge is -2.16. The van der Waals surface area contributed by atoms with Gasteiger partial charge in [-0.05, 0) is 73.5 Å². The van der Waals surface area contributed by atoms with Crippen LogP contribution < -0.4 is 18.9 Å². The quantitative estimate of drug-likeness (QED) is 0.108. The van der Waals surface area contributed by atoms with Crippen LogP contribution in [0.5, 0.6) is 23.0 Å². The molecule has 0 amide bonds. The molecule has 4 heterocycles. The molecule has 0 aliphatic carbocycles. The number of aliphatic hydroxyl groups is 1. The fourth-order valence-corrected chi connectivity index (χ4v) is 6.95. The van der Waals surface area contributed by atoms with Crippen molar-refractivity contribution >= 4 is 5.78 Å². The van der Waals surface area contributed by atoms with E-state index in [0.29, 0.717) is 73.9 Å². The smallest absolute Gasteiger partial charge is 0.180 e. The van der Waals surface area contributed by atoms with Crippen molar-refractivity contribution in [3.63, 3.8) is 0 Å². The van der Waals surface area contributed by atoms with Gasteiger partial charge in [-0.3, -0.25) is 14.2 Å². The lowest BCUT2D eigenvalue weighted by atomic mass is 10.0. The Labute approximate surface area is 345 Å². The van der Waals surface area contributed by atoms with Crippen molar-refractivity contribution in [1.82, 2.24) is 19.6 Å². The highest BCUT2D eigenvalue weighted by molar-refractivity contribution is 5.93. The molecule has 1 N–H and O–H groups in total. The van der Waals surface area contributed by atoms with E-state index in [-0.39, 0.29) is 18.0 Å². The van der Waals surface area contributed by atoms with E-state index in [9.17, 15) is 9.90 Å². The van der Waals surface area contributed by atoms with Crippen LogP contribution in [0.4, 0.5) is 0 Å². The van der Waals surface area contributed by atoms with Crippen LogP contribution in [0.2, 0.25) is 0 Å². The fourth-order valence-electron chi connectivity index (χ4n) is 6.95. The number of benzene rings is 4. The van der Waals surface area contributed by atoms with Crippen LogP contribution in [0.3, 0.4) is 0 Å². The van der Waals surface area contributed by atoms with Crippen LogP contribution in [0.25, 0.3) is 22.5 Å². The summed E-state index contributed by atoms with van der Waals surface area (Å²) >= 11 is 0. The molecule has 0 radical (unpaired) electrons. The molecule has 59 heavy (non-hydrogen) atoms. The highest BCUT2D eigenvalue weighted by Crippen LogP contribution is 2.37. The van der Waals surface area contributed by atoms with E-state index >= 15 is 0 Å². The highest BCUT2D eigenvalue weighted by atomic mass is 16.6. The molecule has 12 heteroatoms. The van der Waals surface area contributed by atoms with Crippen molar-refractivity contribution in [2.75, 3.05) is 40.6 Å². The van der Waals surface area contributed by atoms with Crippen LogP contribution in [0.1, 0.15) is 60.9 Å². The number of carbonyl (C=O) groups is 1. The van der Waals surface area contributed by atoms with Crippen LogP contribution in [0.15, 0.2) is 109 Å². The molecule has 2 aromatic heterocycles. The minimum atomic E-state index is -1.04. The molecule has 2 aliphatic heterocycles. The summed E-state index contributed by atoms with van der Waals surface area (Å²) in [6, 6.07) is 35.6. The van der Waals surface area contributed by atoms with Gasteiger partial charge < -0.3 is 33.5 Å². The van der Waals surface area contributed by atoms with Crippen molar-refractivity contribution in [3.8, 4) is 45.5 Å². The Hall–Kier alpha value is -5.95. The van der Waals surface area contributed by atoms with Crippen LogP contribution in [-0.4, -0.2) is 83.3 Å². The standard InChI is InChI=1S/C24H28N2O4.C23H24N2O4/c1-24(2,27)23-14-20(26(25-23)15-17-7-5-4-6-8-17)18-9-10-21(28-3)22(13-18)30-19-11-12-29-16-19;1-16(26)20-13-21(25(24-20)14-17-6-4-3-5-7-17)18-8-9-22(27-2)23(12-18)29-19-10-11-28-15-19/h4-10,13-14,19,27H,11-12,15-16H2,1-3H3;3-9,12-13,19H,10-11,14-15H2,1-2H3/t2*19-/m11/s1. The third-order valence-corrected chi connectivity index (χ3v) is 10.2. The maximum absolute atomic E-state index is 12.0. The summed E-state index contributed by atoms with van der Waals surface area (Å²) in [5.41, 5.74) is 5.90. The molecule has 0 bridgehead atoms. The molecule has 0 spiro atoms. The van der Waals surface area contributed by atoms with Gasteiger partial charge >= 0.3 is 0 Å². The van der Waals surface area contributed by atoms with E-state index in [2.05, 4.69) is 17.2 Å². The van der Waals surface area contributed by atoms with Gasteiger partial charge in [-0.1, -0.05) is 60.7 Å². The lowest BCUT2D eigenvalue weighted by molar-refractivity contribution is 0.0731. The first-order chi connectivity index (χ1) is 28.6. The molecule has 0 saturated carbocycles. The second-order valence-electron chi connectivity index (χ2n) is 15.2. The molecule has 4 aromatic carbocycles. The minimum Gasteiger partial charge on any atom is -0.493 e. The fraction of sp³-hybridized carbons (Fsp3) is 0.340. The molecular formula is C47H52N4O8. The van der Waals surface area contributed by atoms with Gasteiger partial charge in [0, 0.05) is 30.9 Å². The van der Waals surface area contributed by atoms with E-state index in [1.165, 1.54) is 6.92 Å². The molecule has 8 rings (SSSR count). The Kier molecular flexibility index (Phi) is 13.1. The van der Waals surface area contributed by atoms with E-state index in [0.717, 1.165) is 46.5 Å². The minimum absolute atomic E-state index is 0.0150. The topological polar surface area (TPSA) is 128 Å². The van der Waals surface area contributed by atoms with Gasteiger partial charge in [-0.25, -0.2) is 0 Å². The van der Waals surface area contributed by atoms with Crippen molar-refractivity contribution in [3.05, 3.63) is 132 Å². The van der Waals surface area contributed by atoms with Gasteiger partial charge in [-0.15, -0.1) is 0 Å². The monoisotopic (exact) mass is 800 g/mol. The van der Waals surface area contributed by atoms with Crippen LogP contribution >= 0.6 is 0 Å². The number of rotatable bonds is 14. The van der Waals surface area contributed by atoms with Gasteiger partial charge in [0.1, 0.15) is 23.5 Å². The number of Topliss-reactive ketones (excluding diaryl/α,β-unsaturated/α-hetero) is 1. The molecule has 12 nitrogen and oxygen atoms in total. The second-order valence-corrected chi connectivity index (χ2v) is 15.2. The largest absolute Gasteiger partial charge is 0.493 e. The number of nitrogens with zero attached hydrogens (tertiary/aromatic N) is 4. The normalized spacial score (nSPS) is 16.3. The van der Waals surface area contributed by atoms with Crippen molar-refractivity contribution < 1.29 is 38.3 Å². The third-order valence-electron chi connectivity index (χ3n) is 10.2. The summed E-state index contributed by atoms with van der Waals surface area (Å²) in [6.45, 7) is 8.78.